The van der Waals surface area contributed by atoms with Crippen molar-refractivity contribution in [3.63, 3.8) is 0 Å². The summed E-state index contributed by atoms with van der Waals surface area (Å²) in [7, 11) is 0. The second kappa shape index (κ2) is 6.13. The van der Waals surface area contributed by atoms with Crippen LogP contribution in [0.2, 0.25) is 0 Å². The molecule has 2 heterocycles. The minimum atomic E-state index is -2.28. The van der Waals surface area contributed by atoms with Gasteiger partial charge in [-0.05, 0) is 25.2 Å². The summed E-state index contributed by atoms with van der Waals surface area (Å²) in [5.74, 6) is -0.451. The monoisotopic (exact) mass is 328 g/mol. The van der Waals surface area contributed by atoms with Crippen molar-refractivity contribution in [1.29, 1.82) is 0 Å². The van der Waals surface area contributed by atoms with E-state index in [1.54, 1.807) is 0 Å². The lowest BCUT2D eigenvalue weighted by Crippen LogP contribution is -2.47. The average Bonchev–Trinajstić information content (AvgIpc) is 2.44. The highest BCUT2D eigenvalue weighted by Gasteiger charge is 2.35. The molecule has 23 heavy (non-hydrogen) atoms. The Bertz CT molecular complexity index is 709. The molecule has 1 fully saturated rings. The van der Waals surface area contributed by atoms with E-state index in [1.807, 2.05) is 0 Å². The van der Waals surface area contributed by atoms with Gasteiger partial charge in [-0.25, -0.2) is 18.4 Å². The van der Waals surface area contributed by atoms with E-state index in [9.17, 15) is 23.2 Å². The Hall–Kier alpha value is -2.19. The molecule has 2 amide bonds. The number of halogens is 2. The minimum Gasteiger partial charge on any atom is -0.338 e. The fourth-order valence-corrected chi connectivity index (χ4v) is 3.15. The van der Waals surface area contributed by atoms with Crippen molar-refractivity contribution >= 4 is 6.03 Å². The van der Waals surface area contributed by atoms with Crippen molar-refractivity contribution in [1.82, 2.24) is 20.2 Å². The lowest BCUT2D eigenvalue weighted by molar-refractivity contribution is 0.00346. The van der Waals surface area contributed by atoms with Gasteiger partial charge in [0.05, 0.1) is 6.54 Å². The molecule has 1 aromatic heterocycles. The lowest BCUT2D eigenvalue weighted by atomic mass is 9.75. The van der Waals surface area contributed by atoms with Crippen LogP contribution in [-0.4, -0.2) is 40.4 Å². The predicted molar refractivity (Wildman–Crippen MR) is 77.4 cm³/mol. The number of rotatable bonds is 3. The number of amides is 2. The zero-order valence-electron chi connectivity index (χ0n) is 12.4. The summed E-state index contributed by atoms with van der Waals surface area (Å²) >= 11 is 0. The number of alkyl halides is 2. The second-order valence-corrected chi connectivity index (χ2v) is 6.15. The fourth-order valence-electron chi connectivity index (χ4n) is 3.15. The highest BCUT2D eigenvalue weighted by Crippen LogP contribution is 2.37. The van der Waals surface area contributed by atoms with E-state index in [0.717, 1.165) is 0 Å². The van der Waals surface area contributed by atoms with Gasteiger partial charge in [0.1, 0.15) is 0 Å². The largest absolute Gasteiger partial charge is 0.338 e. The molecule has 0 bridgehead atoms. The predicted octanol–water partition coefficient (Wildman–Crippen LogP) is 0.422. The maximum Gasteiger partial charge on any atom is 0.325 e. The van der Waals surface area contributed by atoms with Crippen molar-refractivity contribution < 1.29 is 13.6 Å². The molecule has 7 nitrogen and oxygen atoms in total. The molecular formula is C14H18F2N4O3. The quantitative estimate of drug-likeness (QED) is 0.750. The van der Waals surface area contributed by atoms with E-state index in [4.69, 9.17) is 0 Å². The summed E-state index contributed by atoms with van der Waals surface area (Å²) < 4.78 is 24.8. The van der Waals surface area contributed by atoms with Gasteiger partial charge < -0.3 is 15.2 Å². The molecule has 9 heteroatoms. The van der Waals surface area contributed by atoms with Crippen LogP contribution >= 0.6 is 0 Å². The van der Waals surface area contributed by atoms with Crippen LogP contribution < -0.4 is 16.6 Å². The van der Waals surface area contributed by atoms with Crippen LogP contribution in [0.25, 0.3) is 0 Å². The number of aromatic amines is 2. The number of carbonyl (C=O) groups is 1. The van der Waals surface area contributed by atoms with Crippen molar-refractivity contribution in [3.05, 3.63) is 32.1 Å². The van der Waals surface area contributed by atoms with Crippen LogP contribution in [0.5, 0.6) is 0 Å². The highest BCUT2D eigenvalue weighted by atomic mass is 19.3. The molecule has 1 saturated carbocycles. The van der Waals surface area contributed by atoms with Gasteiger partial charge in [0.15, 0.2) is 0 Å². The smallest absolute Gasteiger partial charge is 0.325 e. The number of hydrogen-bond acceptors (Lipinski definition) is 3. The number of urea groups is 1. The third-order valence-electron chi connectivity index (χ3n) is 4.57. The number of nitrogens with one attached hydrogen (secondary N) is 3. The summed E-state index contributed by atoms with van der Waals surface area (Å²) in [5.41, 5.74) is -0.0752. The standard InChI is InChI=1S/C14H18F2N4O3/c15-11(16)8-3-7(4-8)5-17-14(23)20-2-1-9-10(6-20)18-13(22)19-12(9)21/h7-8,11H,1-6H2,(H,17,23)(H2,18,19,21,22). The van der Waals surface area contributed by atoms with Crippen LogP contribution in [0.1, 0.15) is 24.1 Å². The Morgan fingerprint density at radius 3 is 2.74 bits per heavy atom. The van der Waals surface area contributed by atoms with Gasteiger partial charge in [-0.3, -0.25) is 9.78 Å². The van der Waals surface area contributed by atoms with E-state index < -0.39 is 23.6 Å². The van der Waals surface area contributed by atoms with Gasteiger partial charge in [-0.1, -0.05) is 0 Å². The van der Waals surface area contributed by atoms with Gasteiger partial charge in [-0.2, -0.15) is 0 Å². The SMILES string of the molecule is O=C(NCC1CC(C(F)F)C1)N1CCc2c([nH]c(=O)[nH]c2=O)C1. The number of aromatic nitrogens is 2. The Morgan fingerprint density at radius 2 is 2.04 bits per heavy atom. The number of carbonyl (C=O) groups excluding carboxylic acids is 1. The molecule has 0 radical (unpaired) electrons. The van der Waals surface area contributed by atoms with E-state index in [0.29, 0.717) is 43.6 Å². The number of hydrogen-bond donors (Lipinski definition) is 3. The molecule has 0 unspecified atom stereocenters. The summed E-state index contributed by atoms with van der Waals surface area (Å²) in [6, 6.07) is -0.308. The van der Waals surface area contributed by atoms with Crippen molar-refractivity contribution in [2.24, 2.45) is 11.8 Å². The Labute approximate surface area is 130 Å². The van der Waals surface area contributed by atoms with E-state index in [-0.39, 0.29) is 18.5 Å². The summed E-state index contributed by atoms with van der Waals surface area (Å²) in [6.45, 7) is 0.903. The number of H-pyrrole nitrogens is 2. The molecule has 0 atom stereocenters. The topological polar surface area (TPSA) is 98.1 Å². The molecule has 1 aliphatic heterocycles. The molecule has 0 aromatic carbocycles. The molecule has 2 aliphatic rings. The first-order valence-electron chi connectivity index (χ1n) is 7.59. The second-order valence-electron chi connectivity index (χ2n) is 6.15. The third-order valence-corrected chi connectivity index (χ3v) is 4.57. The summed E-state index contributed by atoms with van der Waals surface area (Å²) in [6.07, 6.45) is -1.05. The third kappa shape index (κ3) is 3.27. The molecule has 1 aliphatic carbocycles. The first-order chi connectivity index (χ1) is 10.9. The van der Waals surface area contributed by atoms with Crippen LogP contribution in [0.4, 0.5) is 13.6 Å². The maximum atomic E-state index is 12.4. The molecule has 126 valence electrons. The van der Waals surface area contributed by atoms with E-state index in [1.165, 1.54) is 4.90 Å². The number of fused-ring (bicyclic) bond motifs is 1. The van der Waals surface area contributed by atoms with Gasteiger partial charge in [0, 0.05) is 30.3 Å². The van der Waals surface area contributed by atoms with Gasteiger partial charge in [0.25, 0.3) is 5.56 Å². The summed E-state index contributed by atoms with van der Waals surface area (Å²) in [4.78, 5) is 41.3. The molecule has 3 N–H and O–H groups in total. The van der Waals surface area contributed by atoms with Gasteiger partial charge in [-0.15, -0.1) is 0 Å². The zero-order valence-corrected chi connectivity index (χ0v) is 12.4. The van der Waals surface area contributed by atoms with Crippen molar-refractivity contribution in [3.8, 4) is 0 Å². The van der Waals surface area contributed by atoms with E-state index in [2.05, 4.69) is 15.3 Å². The average molecular weight is 328 g/mol. The molecule has 3 rings (SSSR count). The minimum absolute atomic E-state index is 0.0951. The Balaban J connectivity index is 1.53. The van der Waals surface area contributed by atoms with Gasteiger partial charge in [0.2, 0.25) is 6.43 Å². The van der Waals surface area contributed by atoms with Crippen LogP contribution in [0.3, 0.4) is 0 Å². The first kappa shape index (κ1) is 15.7. The van der Waals surface area contributed by atoms with Crippen molar-refractivity contribution in [2.45, 2.75) is 32.2 Å². The Kier molecular flexibility index (Phi) is 4.18. The first-order valence-corrected chi connectivity index (χ1v) is 7.59. The van der Waals surface area contributed by atoms with Crippen LogP contribution in [0, 0.1) is 11.8 Å². The van der Waals surface area contributed by atoms with Crippen LogP contribution in [0.15, 0.2) is 9.59 Å². The molecule has 0 spiro atoms. The van der Waals surface area contributed by atoms with Gasteiger partial charge >= 0.3 is 11.7 Å². The maximum absolute atomic E-state index is 12.4. The summed E-state index contributed by atoms with van der Waals surface area (Å²) in [5, 5.41) is 2.74. The normalized spacial score (nSPS) is 23.3. The molecule has 0 saturated heterocycles. The molecular weight excluding hydrogens is 310 g/mol. The fraction of sp³-hybridized carbons (Fsp3) is 0.643. The Morgan fingerprint density at radius 1 is 1.30 bits per heavy atom. The van der Waals surface area contributed by atoms with Crippen LogP contribution in [-0.2, 0) is 13.0 Å². The van der Waals surface area contributed by atoms with E-state index >= 15 is 0 Å². The zero-order chi connectivity index (χ0) is 16.6. The lowest BCUT2D eigenvalue weighted by Gasteiger charge is -2.35. The highest BCUT2D eigenvalue weighted by molar-refractivity contribution is 5.74. The van der Waals surface area contributed by atoms with Crippen molar-refractivity contribution in [2.75, 3.05) is 13.1 Å². The number of nitrogens with zero attached hydrogens (tertiary/aromatic N) is 1. The molecule has 1 aromatic rings.